The summed E-state index contributed by atoms with van der Waals surface area (Å²) in [6, 6.07) is 0. The van der Waals surface area contributed by atoms with E-state index in [1.165, 1.54) is 6.92 Å². The quantitative estimate of drug-likeness (QED) is 0.510. The summed E-state index contributed by atoms with van der Waals surface area (Å²) in [6.45, 7) is 14.0. The molecule has 1 amide bonds. The van der Waals surface area contributed by atoms with Gasteiger partial charge in [0.25, 0.3) is 0 Å². The van der Waals surface area contributed by atoms with Gasteiger partial charge in [0.05, 0.1) is 0 Å². The van der Waals surface area contributed by atoms with Crippen molar-refractivity contribution in [2.75, 3.05) is 0 Å². The summed E-state index contributed by atoms with van der Waals surface area (Å²) in [5, 5.41) is 4.18. The lowest BCUT2D eigenvalue weighted by Crippen LogP contribution is -2.35. The van der Waals surface area contributed by atoms with Crippen LogP contribution in [0.25, 0.3) is 0 Å². The van der Waals surface area contributed by atoms with Gasteiger partial charge in [-0.05, 0) is 0 Å². The van der Waals surface area contributed by atoms with Gasteiger partial charge in [-0.1, -0.05) is 41.5 Å². The van der Waals surface area contributed by atoms with Crippen molar-refractivity contribution in [1.29, 1.82) is 0 Å². The number of nitrogens with one attached hydrogen (secondary N) is 1. The number of nitrogens with zero attached hydrogens (tertiary/aromatic N) is 1. The van der Waals surface area contributed by atoms with Gasteiger partial charge < -0.3 is 0 Å². The molecule has 0 spiro atoms. The molecule has 3 nitrogen and oxygen atoms in total. The Kier molecular flexibility index (Phi) is 3.86. The molecule has 14 heavy (non-hydrogen) atoms. The third-order valence-corrected chi connectivity index (χ3v) is 1.75. The normalized spacial score (nSPS) is 12.2. The average Bonchev–Trinajstić information content (AvgIpc) is 1.78. The Bertz CT molecular complexity index is 225. The summed E-state index contributed by atoms with van der Waals surface area (Å²) in [7, 11) is 0. The summed E-state index contributed by atoms with van der Waals surface area (Å²) in [6.07, 6.45) is 0. The summed E-state index contributed by atoms with van der Waals surface area (Å²) in [5.74, 6) is -0.129. The molecule has 0 saturated heterocycles. The van der Waals surface area contributed by atoms with Crippen molar-refractivity contribution in [3.8, 4) is 0 Å². The van der Waals surface area contributed by atoms with E-state index >= 15 is 0 Å². The van der Waals surface area contributed by atoms with Gasteiger partial charge in [-0.25, -0.2) is 5.43 Å². The lowest BCUT2D eigenvalue weighted by Gasteiger charge is -2.31. The fourth-order valence-electron chi connectivity index (χ4n) is 1.60. The van der Waals surface area contributed by atoms with Gasteiger partial charge in [-0.15, -0.1) is 0 Å². The van der Waals surface area contributed by atoms with E-state index in [1.54, 1.807) is 0 Å². The number of hydrazone groups is 1. The van der Waals surface area contributed by atoms with Crippen molar-refractivity contribution in [1.82, 2.24) is 5.43 Å². The molecule has 0 unspecified atom stereocenters. The minimum atomic E-state index is -0.129. The fraction of sp³-hybridized carbons (Fsp3) is 0.818. The Morgan fingerprint density at radius 3 is 1.57 bits per heavy atom. The second-order valence-corrected chi connectivity index (χ2v) is 5.63. The van der Waals surface area contributed by atoms with Crippen LogP contribution in [0.4, 0.5) is 0 Å². The maximum Gasteiger partial charge on any atom is 0.236 e. The second-order valence-electron chi connectivity index (χ2n) is 5.63. The zero-order chi connectivity index (χ0) is 11.6. The van der Waals surface area contributed by atoms with E-state index in [1.807, 2.05) is 0 Å². The van der Waals surface area contributed by atoms with Gasteiger partial charge in [-0.2, -0.15) is 5.10 Å². The maximum absolute atomic E-state index is 10.8. The molecular formula is C11H22N2O. The first-order chi connectivity index (χ1) is 6.05. The molecule has 0 saturated carbocycles. The number of carbonyl (C=O) groups excluding carboxylic acids is 1. The van der Waals surface area contributed by atoms with Crippen molar-refractivity contribution >= 4 is 11.6 Å². The molecule has 0 atom stereocenters. The van der Waals surface area contributed by atoms with Crippen LogP contribution in [0.15, 0.2) is 5.10 Å². The highest BCUT2D eigenvalue weighted by Gasteiger charge is 2.30. The molecule has 0 fully saturated rings. The molecule has 0 heterocycles. The Morgan fingerprint density at radius 2 is 1.36 bits per heavy atom. The zero-order valence-corrected chi connectivity index (χ0v) is 10.4. The first kappa shape index (κ1) is 13.1. The summed E-state index contributed by atoms with van der Waals surface area (Å²) < 4.78 is 0. The number of rotatable bonds is 1. The van der Waals surface area contributed by atoms with Crippen molar-refractivity contribution in [2.45, 2.75) is 48.5 Å². The van der Waals surface area contributed by atoms with Crippen LogP contribution >= 0.6 is 0 Å². The van der Waals surface area contributed by atoms with Gasteiger partial charge in [-0.3, -0.25) is 4.79 Å². The lowest BCUT2D eigenvalue weighted by atomic mass is 9.75. The molecule has 0 radical (unpaired) electrons. The molecule has 0 aliphatic heterocycles. The van der Waals surface area contributed by atoms with Crippen LogP contribution in [-0.4, -0.2) is 11.6 Å². The molecule has 0 aliphatic carbocycles. The lowest BCUT2D eigenvalue weighted by molar-refractivity contribution is -0.118. The van der Waals surface area contributed by atoms with Crippen molar-refractivity contribution < 1.29 is 4.79 Å². The molecule has 3 heteroatoms. The molecule has 1 N–H and O–H groups in total. The van der Waals surface area contributed by atoms with Crippen LogP contribution in [0.1, 0.15) is 48.5 Å². The van der Waals surface area contributed by atoms with E-state index in [4.69, 9.17) is 0 Å². The van der Waals surface area contributed by atoms with Crippen LogP contribution in [-0.2, 0) is 4.79 Å². The number of carbonyl (C=O) groups is 1. The Balaban J connectivity index is 4.93. The molecule has 0 aromatic heterocycles. The minimum absolute atomic E-state index is 0.0271. The molecule has 0 aromatic rings. The fourth-order valence-corrected chi connectivity index (χ4v) is 1.60. The first-order valence-corrected chi connectivity index (χ1v) is 4.90. The average molecular weight is 198 g/mol. The topological polar surface area (TPSA) is 41.5 Å². The third kappa shape index (κ3) is 4.40. The van der Waals surface area contributed by atoms with Gasteiger partial charge in [0.15, 0.2) is 0 Å². The molecule has 0 aliphatic rings. The number of amides is 1. The van der Waals surface area contributed by atoms with E-state index in [0.717, 1.165) is 5.71 Å². The van der Waals surface area contributed by atoms with Crippen molar-refractivity contribution in [2.24, 2.45) is 15.9 Å². The van der Waals surface area contributed by atoms with E-state index < -0.39 is 0 Å². The number of hydrogen-bond acceptors (Lipinski definition) is 2. The van der Waals surface area contributed by atoms with Crippen LogP contribution in [0.3, 0.4) is 0 Å². The van der Waals surface area contributed by atoms with Crippen molar-refractivity contribution in [3.63, 3.8) is 0 Å². The highest BCUT2D eigenvalue weighted by atomic mass is 16.2. The van der Waals surface area contributed by atoms with Crippen molar-refractivity contribution in [3.05, 3.63) is 0 Å². The largest absolute Gasteiger partial charge is 0.274 e. The summed E-state index contributed by atoms with van der Waals surface area (Å²) in [5.41, 5.74) is 3.45. The van der Waals surface area contributed by atoms with Crippen LogP contribution in [0, 0.1) is 10.8 Å². The standard InChI is InChI=1S/C11H22N2O/c1-8(14)12-13-9(10(2,3)4)11(5,6)7/h1-7H3,(H,12,14). The Labute approximate surface area is 87.0 Å². The molecule has 0 aromatic carbocycles. The van der Waals surface area contributed by atoms with E-state index in [2.05, 4.69) is 52.1 Å². The van der Waals surface area contributed by atoms with Crippen LogP contribution < -0.4 is 5.43 Å². The molecular weight excluding hydrogens is 176 g/mol. The van der Waals surface area contributed by atoms with Gasteiger partial charge >= 0.3 is 0 Å². The van der Waals surface area contributed by atoms with Gasteiger partial charge in [0.2, 0.25) is 5.91 Å². The third-order valence-electron chi connectivity index (χ3n) is 1.75. The van der Waals surface area contributed by atoms with E-state index in [9.17, 15) is 4.79 Å². The Hall–Kier alpha value is -0.860. The first-order valence-electron chi connectivity index (χ1n) is 4.90. The molecule has 0 rings (SSSR count). The van der Waals surface area contributed by atoms with E-state index in [-0.39, 0.29) is 16.7 Å². The highest BCUT2D eigenvalue weighted by molar-refractivity contribution is 5.94. The predicted octanol–water partition coefficient (Wildman–Crippen LogP) is 2.57. The van der Waals surface area contributed by atoms with Gasteiger partial charge in [0, 0.05) is 23.5 Å². The zero-order valence-electron chi connectivity index (χ0n) is 10.4. The minimum Gasteiger partial charge on any atom is -0.274 e. The monoisotopic (exact) mass is 198 g/mol. The highest BCUT2D eigenvalue weighted by Crippen LogP contribution is 2.29. The molecule has 0 bridgehead atoms. The smallest absolute Gasteiger partial charge is 0.236 e. The van der Waals surface area contributed by atoms with Crippen LogP contribution in [0.5, 0.6) is 0 Å². The van der Waals surface area contributed by atoms with Crippen LogP contribution in [0.2, 0.25) is 0 Å². The van der Waals surface area contributed by atoms with E-state index in [0.29, 0.717) is 0 Å². The second kappa shape index (κ2) is 4.11. The maximum atomic E-state index is 10.8. The molecule has 82 valence electrons. The summed E-state index contributed by atoms with van der Waals surface area (Å²) >= 11 is 0. The van der Waals surface area contributed by atoms with Gasteiger partial charge in [0.1, 0.15) is 0 Å². The Morgan fingerprint density at radius 1 is 1.00 bits per heavy atom. The number of hydrogen-bond donors (Lipinski definition) is 1. The SMILES string of the molecule is CC(=O)NN=C(C(C)(C)C)C(C)(C)C. The summed E-state index contributed by atoms with van der Waals surface area (Å²) in [4.78, 5) is 10.8. The predicted molar refractivity (Wildman–Crippen MR) is 60.2 cm³/mol.